The van der Waals surface area contributed by atoms with Crippen molar-refractivity contribution < 1.29 is 0 Å². The average molecular weight is 256 g/mol. The molecule has 0 bridgehead atoms. The summed E-state index contributed by atoms with van der Waals surface area (Å²) >= 11 is 0. The highest BCUT2D eigenvalue weighted by molar-refractivity contribution is 5.30. The van der Waals surface area contributed by atoms with Crippen molar-refractivity contribution in [2.75, 3.05) is 0 Å². The third-order valence-corrected chi connectivity index (χ3v) is 3.91. The Labute approximate surface area is 113 Å². The maximum absolute atomic E-state index is 6.29. The highest BCUT2D eigenvalue weighted by Crippen LogP contribution is 2.40. The Balaban J connectivity index is 1.93. The standard InChI is InChI=1S/C15H20N4/c1-15(2)7-13(16)12-4-6-19(14(12)8-15)9-11-3-5-17-10-18-11/h3-6,10,13H,7-9,16H2,1-2H3. The van der Waals surface area contributed by atoms with Crippen LogP contribution in [0, 0.1) is 5.41 Å². The van der Waals surface area contributed by atoms with E-state index in [1.807, 2.05) is 6.07 Å². The summed E-state index contributed by atoms with van der Waals surface area (Å²) in [4.78, 5) is 8.25. The highest BCUT2D eigenvalue weighted by atomic mass is 15.0. The molecular formula is C15H20N4. The van der Waals surface area contributed by atoms with Gasteiger partial charge in [0.05, 0.1) is 12.2 Å². The molecule has 0 aliphatic heterocycles. The number of aromatic nitrogens is 3. The number of nitrogens with zero attached hydrogens (tertiary/aromatic N) is 3. The van der Waals surface area contributed by atoms with Crippen molar-refractivity contribution in [3.8, 4) is 0 Å². The topological polar surface area (TPSA) is 56.7 Å². The number of hydrogen-bond acceptors (Lipinski definition) is 3. The molecule has 0 amide bonds. The summed E-state index contributed by atoms with van der Waals surface area (Å²) < 4.78 is 2.28. The maximum atomic E-state index is 6.29. The van der Waals surface area contributed by atoms with Crippen molar-refractivity contribution in [3.05, 3.63) is 47.8 Å². The first-order chi connectivity index (χ1) is 9.05. The Morgan fingerprint density at radius 1 is 1.42 bits per heavy atom. The van der Waals surface area contributed by atoms with Gasteiger partial charge in [-0.05, 0) is 36.0 Å². The summed E-state index contributed by atoms with van der Waals surface area (Å²) in [6.45, 7) is 5.37. The van der Waals surface area contributed by atoms with Gasteiger partial charge in [0.2, 0.25) is 0 Å². The molecule has 0 saturated heterocycles. The quantitative estimate of drug-likeness (QED) is 0.897. The lowest BCUT2D eigenvalue weighted by Gasteiger charge is -2.34. The van der Waals surface area contributed by atoms with Crippen LogP contribution in [0.5, 0.6) is 0 Å². The second-order valence-corrected chi connectivity index (χ2v) is 6.20. The Kier molecular flexibility index (Phi) is 2.90. The molecule has 1 aliphatic carbocycles. The van der Waals surface area contributed by atoms with Crippen molar-refractivity contribution >= 4 is 0 Å². The first-order valence-corrected chi connectivity index (χ1v) is 6.73. The first kappa shape index (κ1) is 12.4. The van der Waals surface area contributed by atoms with Crippen LogP contribution in [0.1, 0.15) is 43.3 Å². The third-order valence-electron chi connectivity index (χ3n) is 3.91. The van der Waals surface area contributed by atoms with Crippen molar-refractivity contribution in [1.82, 2.24) is 14.5 Å². The third kappa shape index (κ3) is 2.40. The minimum Gasteiger partial charge on any atom is -0.345 e. The predicted octanol–water partition coefficient (Wildman–Crippen LogP) is 2.30. The van der Waals surface area contributed by atoms with Crippen molar-refractivity contribution in [3.63, 3.8) is 0 Å². The molecule has 4 heteroatoms. The highest BCUT2D eigenvalue weighted by Gasteiger charge is 2.32. The summed E-state index contributed by atoms with van der Waals surface area (Å²) in [5.41, 5.74) is 10.3. The van der Waals surface area contributed by atoms with Gasteiger partial charge in [0.15, 0.2) is 0 Å². The molecule has 3 rings (SSSR count). The molecule has 19 heavy (non-hydrogen) atoms. The lowest BCUT2D eigenvalue weighted by atomic mass is 9.74. The van der Waals surface area contributed by atoms with Crippen LogP contribution in [-0.2, 0) is 13.0 Å². The second-order valence-electron chi connectivity index (χ2n) is 6.20. The zero-order chi connectivity index (χ0) is 13.5. The molecule has 100 valence electrons. The summed E-state index contributed by atoms with van der Waals surface area (Å²) in [6.07, 6.45) is 7.65. The molecule has 0 radical (unpaired) electrons. The molecule has 0 fully saturated rings. The predicted molar refractivity (Wildman–Crippen MR) is 74.6 cm³/mol. The molecule has 1 atom stereocenters. The number of fused-ring (bicyclic) bond motifs is 1. The Morgan fingerprint density at radius 3 is 3.00 bits per heavy atom. The molecule has 4 nitrogen and oxygen atoms in total. The fraction of sp³-hybridized carbons (Fsp3) is 0.467. The van der Waals surface area contributed by atoms with E-state index in [0.717, 1.165) is 25.1 Å². The van der Waals surface area contributed by atoms with Crippen molar-refractivity contribution in [2.45, 2.75) is 39.3 Å². The Hall–Kier alpha value is -1.68. The van der Waals surface area contributed by atoms with Gasteiger partial charge in [0.25, 0.3) is 0 Å². The van der Waals surface area contributed by atoms with Crippen molar-refractivity contribution in [2.24, 2.45) is 11.1 Å². The van der Waals surface area contributed by atoms with Crippen LogP contribution >= 0.6 is 0 Å². The van der Waals surface area contributed by atoms with E-state index >= 15 is 0 Å². The van der Waals surface area contributed by atoms with Gasteiger partial charge in [-0.3, -0.25) is 0 Å². The van der Waals surface area contributed by atoms with E-state index in [0.29, 0.717) is 0 Å². The largest absolute Gasteiger partial charge is 0.345 e. The molecule has 0 aromatic carbocycles. The fourth-order valence-corrected chi connectivity index (χ4v) is 3.03. The van der Waals surface area contributed by atoms with E-state index < -0.39 is 0 Å². The van der Waals surface area contributed by atoms with Gasteiger partial charge >= 0.3 is 0 Å². The van der Waals surface area contributed by atoms with Gasteiger partial charge < -0.3 is 10.3 Å². The van der Waals surface area contributed by atoms with E-state index in [2.05, 4.69) is 40.6 Å². The van der Waals surface area contributed by atoms with Crippen LogP contribution in [-0.4, -0.2) is 14.5 Å². The van der Waals surface area contributed by atoms with Crippen LogP contribution in [0.4, 0.5) is 0 Å². The van der Waals surface area contributed by atoms with Gasteiger partial charge in [-0.25, -0.2) is 9.97 Å². The van der Waals surface area contributed by atoms with Gasteiger partial charge in [-0.2, -0.15) is 0 Å². The molecule has 2 heterocycles. The number of hydrogen-bond donors (Lipinski definition) is 1. The fourth-order valence-electron chi connectivity index (χ4n) is 3.03. The smallest absolute Gasteiger partial charge is 0.115 e. The van der Waals surface area contributed by atoms with Crippen LogP contribution in [0.3, 0.4) is 0 Å². The molecule has 0 saturated carbocycles. The van der Waals surface area contributed by atoms with Gasteiger partial charge in [0, 0.05) is 24.1 Å². The van der Waals surface area contributed by atoms with E-state index in [9.17, 15) is 0 Å². The Bertz CT molecular complexity index is 571. The van der Waals surface area contributed by atoms with E-state index in [-0.39, 0.29) is 11.5 Å². The zero-order valence-corrected chi connectivity index (χ0v) is 11.5. The van der Waals surface area contributed by atoms with Crippen LogP contribution in [0.15, 0.2) is 30.9 Å². The molecule has 2 aromatic heterocycles. The summed E-state index contributed by atoms with van der Waals surface area (Å²) in [7, 11) is 0. The normalized spacial score (nSPS) is 21.1. The van der Waals surface area contributed by atoms with E-state index in [4.69, 9.17) is 5.73 Å². The maximum Gasteiger partial charge on any atom is 0.115 e. The SMILES string of the molecule is CC1(C)Cc2c(ccn2Cc2ccncn2)C(N)C1. The van der Waals surface area contributed by atoms with Gasteiger partial charge in [0.1, 0.15) is 6.33 Å². The van der Waals surface area contributed by atoms with Crippen LogP contribution < -0.4 is 5.73 Å². The van der Waals surface area contributed by atoms with Crippen LogP contribution in [0.25, 0.3) is 0 Å². The molecular weight excluding hydrogens is 236 g/mol. The zero-order valence-electron chi connectivity index (χ0n) is 11.5. The molecule has 0 spiro atoms. The molecule has 1 unspecified atom stereocenters. The molecule has 2 aromatic rings. The molecule has 2 N–H and O–H groups in total. The van der Waals surface area contributed by atoms with Crippen molar-refractivity contribution in [1.29, 1.82) is 0 Å². The lowest BCUT2D eigenvalue weighted by Crippen LogP contribution is -2.30. The average Bonchev–Trinajstić information content (AvgIpc) is 2.72. The van der Waals surface area contributed by atoms with E-state index in [1.165, 1.54) is 11.3 Å². The summed E-state index contributed by atoms with van der Waals surface area (Å²) in [6, 6.07) is 4.28. The lowest BCUT2D eigenvalue weighted by molar-refractivity contribution is 0.276. The number of rotatable bonds is 2. The minimum absolute atomic E-state index is 0.158. The Morgan fingerprint density at radius 2 is 2.26 bits per heavy atom. The van der Waals surface area contributed by atoms with E-state index in [1.54, 1.807) is 12.5 Å². The summed E-state index contributed by atoms with van der Waals surface area (Å²) in [5.74, 6) is 0. The molecule has 1 aliphatic rings. The number of nitrogens with two attached hydrogens (primary N) is 1. The first-order valence-electron chi connectivity index (χ1n) is 6.73. The summed E-state index contributed by atoms with van der Waals surface area (Å²) in [5, 5.41) is 0. The van der Waals surface area contributed by atoms with Gasteiger partial charge in [-0.1, -0.05) is 13.8 Å². The second kappa shape index (κ2) is 4.46. The van der Waals surface area contributed by atoms with Gasteiger partial charge in [-0.15, -0.1) is 0 Å². The monoisotopic (exact) mass is 256 g/mol. The minimum atomic E-state index is 0.158. The van der Waals surface area contributed by atoms with Crippen LogP contribution in [0.2, 0.25) is 0 Å².